The number of amides is 7. The normalized spacial score (nSPS) is 24.9. The molecule has 392 valence electrons. The number of para-hydroxylation sites is 1. The lowest BCUT2D eigenvalue weighted by Gasteiger charge is -2.44. The van der Waals surface area contributed by atoms with E-state index in [0.717, 1.165) is 22.2 Å². The smallest absolute Gasteiger partial charge is 0.329 e. The van der Waals surface area contributed by atoms with Gasteiger partial charge in [0, 0.05) is 43.5 Å². The number of aromatic amines is 1. The van der Waals surface area contributed by atoms with E-state index in [1.54, 1.807) is 33.9 Å². The monoisotopic (exact) mass is 996 g/mol. The number of cyclic esters (lactones) is 1. The number of fused-ring (bicyclic) bond motifs is 3. The van der Waals surface area contributed by atoms with Crippen molar-refractivity contribution >= 4 is 70.2 Å². The number of carboxylic acid groups (broad SMARTS) is 1. The number of benzene rings is 1. The summed E-state index contributed by atoms with van der Waals surface area (Å²) in [6.07, 6.45) is -0.271. The number of carboxylic acids is 1. The van der Waals surface area contributed by atoms with Gasteiger partial charge in [0.25, 0.3) is 0 Å². The second-order valence-electron chi connectivity index (χ2n) is 18.8. The first-order valence-electron chi connectivity index (χ1n) is 24.4. The molecule has 0 saturated carbocycles. The molecule has 7 amide bonds. The number of nitrogens with two attached hydrogens (primary N) is 2. The molecule has 23 nitrogen and oxygen atoms in total. The van der Waals surface area contributed by atoms with Crippen molar-refractivity contribution in [2.24, 2.45) is 28.3 Å². The Morgan fingerprint density at radius 3 is 2.28 bits per heavy atom. The predicted octanol–water partition coefficient (Wildman–Crippen LogP) is 0.0268. The molecule has 2 fully saturated rings. The van der Waals surface area contributed by atoms with Gasteiger partial charge >= 0.3 is 11.9 Å². The van der Waals surface area contributed by atoms with Crippen LogP contribution in [0.5, 0.6) is 0 Å². The molecule has 2 aliphatic rings. The molecule has 12 N–H and O–H groups in total. The summed E-state index contributed by atoms with van der Waals surface area (Å²) in [5.41, 5.74) is 12.4. The van der Waals surface area contributed by atoms with Crippen molar-refractivity contribution in [3.63, 3.8) is 0 Å². The predicted molar refractivity (Wildman–Crippen MR) is 260 cm³/mol. The number of rotatable bonds is 18. The number of hydrogen-bond acceptors (Lipinski definition) is 12. The first-order chi connectivity index (χ1) is 33.6. The summed E-state index contributed by atoms with van der Waals surface area (Å²) in [5.74, 6) is -10.1. The standard InChI is InChI=1S/C48H73N11O12/c1-8-10-11-18-35(60)53-33(23-37(62)63)42(65)57-39-27(6)71-47(70)38(25(3)4)56-43(66)34(22-28-24-52-30-16-13-12-15-29(28)30)58(7)46(69)40(26(5)9-2)59-36(61)20-19-32(45(59)68)55-41(64)31(54-44(39)67)17-14-21-51-48(49)50/h12-13,15-16,24-27,31-34,36,38-40,52,61H,8-11,14,17-23H2,1-7H3,(H,53,60)(H,54,67)(H,55,64)(H,56,66)(H,57,65)(H,62,63)(H4,49,50,51)/t26-,27+,31+,32+,33+,34+,36-,38+,39+,40-/m1/s1. The number of piperidine rings is 1. The molecule has 3 heterocycles. The van der Waals surface area contributed by atoms with Crippen molar-refractivity contribution in [3.05, 3.63) is 36.0 Å². The Hall–Kier alpha value is -6.78. The lowest BCUT2D eigenvalue weighted by Crippen LogP contribution is -2.66. The van der Waals surface area contributed by atoms with Gasteiger partial charge in [-0.25, -0.2) is 4.79 Å². The number of nitrogens with one attached hydrogen (secondary N) is 6. The maximum Gasteiger partial charge on any atom is 0.329 e. The van der Waals surface area contributed by atoms with Gasteiger partial charge in [-0.3, -0.25) is 43.3 Å². The maximum atomic E-state index is 15.0. The number of aliphatic hydroxyl groups is 1. The van der Waals surface area contributed by atoms with E-state index in [4.69, 9.17) is 16.2 Å². The molecule has 0 aliphatic carbocycles. The van der Waals surface area contributed by atoms with Gasteiger partial charge in [-0.1, -0.05) is 72.1 Å². The SMILES string of the molecule is CCCCCC(=O)N[C@@H](CC(=O)O)C(=O)N[C@@H]1C(=O)N[C@@H](CCCN=C(N)N)C(=O)N[C@H]2CC[C@@H](O)N(C2=O)[C@H]([C@H](C)CC)C(=O)N(C)[C@@H](Cc2c[nH]c3ccccc23)C(=O)N[C@@H](C(C)C)C(=O)O[C@H]1C. The Kier molecular flexibility index (Phi) is 21.1. The molecule has 2 bridgehead atoms. The van der Waals surface area contributed by atoms with Crippen LogP contribution in [0.3, 0.4) is 0 Å². The lowest BCUT2D eigenvalue weighted by molar-refractivity contribution is -0.168. The number of carbonyl (C=O) groups excluding carboxylic acids is 8. The lowest BCUT2D eigenvalue weighted by atomic mass is 9.91. The molecule has 2 aromatic rings. The Labute approximate surface area is 413 Å². The third kappa shape index (κ3) is 15.4. The summed E-state index contributed by atoms with van der Waals surface area (Å²) in [6.45, 7) is 9.94. The fourth-order valence-corrected chi connectivity index (χ4v) is 8.71. The molecule has 1 aromatic carbocycles. The highest BCUT2D eigenvalue weighted by atomic mass is 16.5. The number of aliphatic imine (C=N–C) groups is 1. The summed E-state index contributed by atoms with van der Waals surface area (Å²) in [7, 11) is 1.40. The van der Waals surface area contributed by atoms with Gasteiger partial charge < -0.3 is 67.8 Å². The second-order valence-corrected chi connectivity index (χ2v) is 18.8. The number of guanidine groups is 1. The van der Waals surface area contributed by atoms with E-state index in [9.17, 15) is 48.6 Å². The fraction of sp³-hybridized carbons (Fsp3) is 0.625. The molecule has 0 spiro atoms. The third-order valence-corrected chi connectivity index (χ3v) is 13.0. The number of esters is 1. The van der Waals surface area contributed by atoms with Gasteiger partial charge in [-0.2, -0.15) is 0 Å². The van der Waals surface area contributed by atoms with Crippen LogP contribution in [0.1, 0.15) is 111 Å². The van der Waals surface area contributed by atoms with E-state index in [1.807, 2.05) is 31.2 Å². The first-order valence-corrected chi connectivity index (χ1v) is 24.4. The van der Waals surface area contributed by atoms with Gasteiger partial charge in [0.1, 0.15) is 54.6 Å². The highest BCUT2D eigenvalue weighted by Crippen LogP contribution is 2.29. The van der Waals surface area contributed by atoms with Gasteiger partial charge in [0.15, 0.2) is 5.96 Å². The summed E-state index contributed by atoms with van der Waals surface area (Å²) >= 11 is 0. The van der Waals surface area contributed by atoms with Crippen molar-refractivity contribution < 1.29 is 58.1 Å². The van der Waals surface area contributed by atoms with Gasteiger partial charge in [0.2, 0.25) is 41.4 Å². The van der Waals surface area contributed by atoms with Crippen LogP contribution >= 0.6 is 0 Å². The zero-order valence-corrected chi connectivity index (χ0v) is 41.7. The Morgan fingerprint density at radius 1 is 0.930 bits per heavy atom. The zero-order valence-electron chi connectivity index (χ0n) is 41.7. The van der Waals surface area contributed by atoms with Crippen LogP contribution in [0, 0.1) is 11.8 Å². The van der Waals surface area contributed by atoms with Crippen LogP contribution in [0.2, 0.25) is 0 Å². The molecular weight excluding hydrogens is 923 g/mol. The van der Waals surface area contributed by atoms with Gasteiger partial charge in [-0.05, 0) is 62.5 Å². The fourth-order valence-electron chi connectivity index (χ4n) is 8.71. The summed E-state index contributed by atoms with van der Waals surface area (Å²) in [5, 5.41) is 34.8. The summed E-state index contributed by atoms with van der Waals surface area (Å²) in [6, 6.07) is -3.16. The van der Waals surface area contributed by atoms with E-state index in [-0.39, 0.29) is 51.0 Å². The van der Waals surface area contributed by atoms with Crippen molar-refractivity contribution in [2.45, 2.75) is 167 Å². The number of aliphatic hydroxyl groups excluding tert-OH is 1. The van der Waals surface area contributed by atoms with Crippen molar-refractivity contribution in [1.82, 2.24) is 41.4 Å². The van der Waals surface area contributed by atoms with E-state index in [1.165, 1.54) is 18.9 Å². The molecule has 2 aliphatic heterocycles. The van der Waals surface area contributed by atoms with Crippen LogP contribution in [0.15, 0.2) is 35.5 Å². The minimum absolute atomic E-state index is 0.00312. The molecule has 4 rings (SSSR count). The average Bonchev–Trinajstić information content (AvgIpc) is 3.73. The number of aliphatic carboxylic acids is 1. The van der Waals surface area contributed by atoms with Crippen LogP contribution in [0.25, 0.3) is 10.9 Å². The van der Waals surface area contributed by atoms with Crippen LogP contribution in [0.4, 0.5) is 0 Å². The minimum atomic E-state index is -1.87. The number of carbonyl (C=O) groups is 9. The highest BCUT2D eigenvalue weighted by Gasteiger charge is 2.47. The van der Waals surface area contributed by atoms with Crippen LogP contribution in [-0.4, -0.2) is 152 Å². The molecular formula is C48H73N11O12. The average molecular weight is 996 g/mol. The van der Waals surface area contributed by atoms with Crippen LogP contribution < -0.4 is 38.1 Å². The Morgan fingerprint density at radius 2 is 1.63 bits per heavy atom. The molecule has 2 saturated heterocycles. The largest absolute Gasteiger partial charge is 0.481 e. The number of likely N-dealkylation sites (N-methyl/N-ethyl adjacent to an activating group) is 1. The number of H-pyrrole nitrogens is 1. The van der Waals surface area contributed by atoms with Crippen molar-refractivity contribution in [1.29, 1.82) is 0 Å². The molecule has 1 aromatic heterocycles. The third-order valence-electron chi connectivity index (χ3n) is 13.0. The van der Waals surface area contributed by atoms with E-state index < -0.39 is 126 Å². The summed E-state index contributed by atoms with van der Waals surface area (Å²) < 4.78 is 5.87. The number of unbranched alkanes of at least 4 members (excludes halogenated alkanes) is 2. The molecule has 0 radical (unpaired) electrons. The van der Waals surface area contributed by atoms with Crippen molar-refractivity contribution in [2.75, 3.05) is 13.6 Å². The highest BCUT2D eigenvalue weighted by molar-refractivity contribution is 5.99. The number of hydrogen-bond donors (Lipinski definition) is 10. The topological polar surface area (TPSA) is 350 Å². The van der Waals surface area contributed by atoms with E-state index in [0.29, 0.717) is 24.8 Å². The van der Waals surface area contributed by atoms with Gasteiger partial charge in [-0.15, -0.1) is 0 Å². The van der Waals surface area contributed by atoms with E-state index in [2.05, 4.69) is 36.6 Å². The van der Waals surface area contributed by atoms with Crippen LogP contribution in [-0.2, 0) is 54.3 Å². The second kappa shape index (κ2) is 26.4. The zero-order chi connectivity index (χ0) is 52.7. The molecule has 10 atom stereocenters. The molecule has 71 heavy (non-hydrogen) atoms. The Balaban J connectivity index is 1.87. The van der Waals surface area contributed by atoms with E-state index >= 15 is 4.79 Å². The minimum Gasteiger partial charge on any atom is -0.481 e. The quantitative estimate of drug-likeness (QED) is 0.0408. The number of nitrogens with zero attached hydrogens (tertiary/aromatic N) is 3. The molecule has 0 unspecified atom stereocenters. The van der Waals surface area contributed by atoms with Crippen molar-refractivity contribution in [3.8, 4) is 0 Å². The maximum absolute atomic E-state index is 15.0. The van der Waals surface area contributed by atoms with Gasteiger partial charge in [0.05, 0.1) is 6.42 Å². The number of ether oxygens (including phenoxy) is 1. The molecule has 23 heteroatoms. The Bertz CT molecular complexity index is 2260. The summed E-state index contributed by atoms with van der Waals surface area (Å²) in [4.78, 5) is 136. The number of aromatic nitrogens is 1. The first kappa shape index (κ1) is 56.8.